The van der Waals surface area contributed by atoms with Crippen LogP contribution in [-0.2, 0) is 33.5 Å². The molecule has 0 spiro atoms. The van der Waals surface area contributed by atoms with E-state index >= 15 is 0 Å². The summed E-state index contributed by atoms with van der Waals surface area (Å²) in [6.45, 7) is 2.13. The van der Waals surface area contributed by atoms with Crippen molar-refractivity contribution in [3.8, 4) is 0 Å². The van der Waals surface area contributed by atoms with E-state index in [1.807, 2.05) is 0 Å². The van der Waals surface area contributed by atoms with Gasteiger partial charge in [-0.1, -0.05) is 24.3 Å². The first-order valence-corrected chi connectivity index (χ1v) is 13.7. The molecule has 0 aliphatic carbocycles. The van der Waals surface area contributed by atoms with Crippen molar-refractivity contribution in [2.45, 2.75) is 32.1 Å². The van der Waals surface area contributed by atoms with Crippen LogP contribution in [0.2, 0.25) is 0 Å². The maximum absolute atomic E-state index is 13.8. The Morgan fingerprint density at radius 3 is 2.66 bits per heavy atom. The second-order valence-electron chi connectivity index (χ2n) is 9.26. The number of fused-ring (bicyclic) bond motifs is 2. The molecule has 1 amide bonds. The highest BCUT2D eigenvalue weighted by molar-refractivity contribution is 7.91. The minimum atomic E-state index is -3.78. The SMILES string of the molecule is Cc1ccc(CS(=O)(=O)Nc2ccc3c(c2)CCN3C(=O)CCn2c(=O)[nH]c(=O)c3ccccc32)cc1F. The van der Waals surface area contributed by atoms with E-state index in [1.165, 1.54) is 16.7 Å². The van der Waals surface area contributed by atoms with Crippen LogP contribution in [0.4, 0.5) is 15.8 Å². The van der Waals surface area contributed by atoms with Gasteiger partial charge in [-0.3, -0.25) is 23.9 Å². The van der Waals surface area contributed by atoms with E-state index < -0.39 is 27.1 Å². The fourth-order valence-electron chi connectivity index (χ4n) is 4.69. The van der Waals surface area contributed by atoms with Crippen molar-refractivity contribution in [3.05, 3.63) is 104 Å². The molecule has 9 nitrogen and oxygen atoms in total. The lowest BCUT2D eigenvalue weighted by Gasteiger charge is -2.18. The third-order valence-electron chi connectivity index (χ3n) is 6.60. The summed E-state index contributed by atoms with van der Waals surface area (Å²) in [5.74, 6) is -1.02. The van der Waals surface area contributed by atoms with Crippen LogP contribution in [-0.4, -0.2) is 30.4 Å². The average molecular weight is 537 g/mol. The van der Waals surface area contributed by atoms with Crippen LogP contribution in [0, 0.1) is 12.7 Å². The van der Waals surface area contributed by atoms with Crippen LogP contribution < -0.4 is 20.9 Å². The number of nitrogens with zero attached hydrogens (tertiary/aromatic N) is 2. The Morgan fingerprint density at radius 2 is 1.87 bits per heavy atom. The number of aromatic nitrogens is 2. The second kappa shape index (κ2) is 9.90. The van der Waals surface area contributed by atoms with Crippen molar-refractivity contribution in [1.82, 2.24) is 9.55 Å². The number of nitrogens with one attached hydrogen (secondary N) is 2. The molecular weight excluding hydrogens is 511 g/mol. The number of rotatable bonds is 7. The molecular formula is C27H25FN4O5S. The van der Waals surface area contributed by atoms with E-state index in [0.717, 1.165) is 5.56 Å². The Balaban J connectivity index is 1.28. The highest BCUT2D eigenvalue weighted by atomic mass is 32.2. The van der Waals surface area contributed by atoms with Crippen LogP contribution in [0.15, 0.2) is 70.3 Å². The molecule has 38 heavy (non-hydrogen) atoms. The second-order valence-corrected chi connectivity index (χ2v) is 11.0. The van der Waals surface area contributed by atoms with Crippen molar-refractivity contribution in [2.24, 2.45) is 0 Å². The number of carbonyl (C=O) groups excluding carboxylic acids is 1. The Hall–Kier alpha value is -4.25. The number of hydrogen-bond acceptors (Lipinski definition) is 5. The molecule has 1 aliphatic heterocycles. The first kappa shape index (κ1) is 25.4. The molecule has 0 saturated carbocycles. The summed E-state index contributed by atoms with van der Waals surface area (Å²) in [5.41, 5.74) is 2.04. The molecule has 2 N–H and O–H groups in total. The molecule has 0 unspecified atom stereocenters. The zero-order valence-electron chi connectivity index (χ0n) is 20.5. The number of amides is 1. The Labute approximate surface area is 217 Å². The number of benzene rings is 3. The van der Waals surface area contributed by atoms with Crippen LogP contribution in [0.5, 0.6) is 0 Å². The molecule has 0 radical (unpaired) electrons. The summed E-state index contributed by atoms with van der Waals surface area (Å²) < 4.78 is 43.0. The van der Waals surface area contributed by atoms with Gasteiger partial charge in [0.2, 0.25) is 15.9 Å². The van der Waals surface area contributed by atoms with Gasteiger partial charge in [0.1, 0.15) is 5.82 Å². The molecule has 0 atom stereocenters. The Kier molecular flexibility index (Phi) is 6.62. The smallest absolute Gasteiger partial charge is 0.312 e. The number of halogens is 1. The first-order valence-electron chi connectivity index (χ1n) is 12.0. The molecule has 3 aromatic carbocycles. The first-order chi connectivity index (χ1) is 18.1. The minimum absolute atomic E-state index is 0.0386. The van der Waals surface area contributed by atoms with Crippen molar-refractivity contribution in [2.75, 3.05) is 16.2 Å². The number of carbonyl (C=O) groups is 1. The average Bonchev–Trinajstić information content (AvgIpc) is 3.29. The van der Waals surface area contributed by atoms with Crippen molar-refractivity contribution >= 4 is 38.2 Å². The quantitative estimate of drug-likeness (QED) is 0.376. The van der Waals surface area contributed by atoms with Crippen LogP contribution >= 0.6 is 0 Å². The maximum Gasteiger partial charge on any atom is 0.328 e. The van der Waals surface area contributed by atoms with Crippen LogP contribution in [0.25, 0.3) is 10.9 Å². The Bertz CT molecular complexity index is 1800. The van der Waals surface area contributed by atoms with E-state index in [2.05, 4.69) is 9.71 Å². The van der Waals surface area contributed by atoms with Gasteiger partial charge in [-0.05, 0) is 66.4 Å². The highest BCUT2D eigenvalue weighted by Gasteiger charge is 2.25. The van der Waals surface area contributed by atoms with E-state index in [0.29, 0.717) is 46.4 Å². The lowest BCUT2D eigenvalue weighted by Crippen LogP contribution is -2.34. The summed E-state index contributed by atoms with van der Waals surface area (Å²) in [6, 6.07) is 16.0. The van der Waals surface area contributed by atoms with Gasteiger partial charge in [-0.15, -0.1) is 0 Å². The molecule has 11 heteroatoms. The van der Waals surface area contributed by atoms with E-state index in [9.17, 15) is 27.2 Å². The fraction of sp³-hybridized carbons (Fsp3) is 0.222. The molecule has 0 bridgehead atoms. The zero-order valence-corrected chi connectivity index (χ0v) is 21.3. The van der Waals surface area contributed by atoms with Gasteiger partial charge in [0.05, 0.1) is 16.7 Å². The molecule has 0 saturated heterocycles. The monoisotopic (exact) mass is 536 g/mol. The number of anilines is 2. The fourth-order valence-corrected chi connectivity index (χ4v) is 5.87. The molecule has 0 fully saturated rings. The number of aromatic amines is 1. The highest BCUT2D eigenvalue weighted by Crippen LogP contribution is 2.31. The standard InChI is InChI=1S/C27H25FN4O5S/c1-17-6-7-18(14-22(17)28)16-38(36,37)30-20-8-9-23-19(15-20)10-12-31(23)25(33)11-13-32-24-5-3-2-4-21(24)26(34)29-27(32)35/h2-9,14-15,30H,10-13,16H2,1H3,(H,29,34,35). The number of aryl methyl sites for hydroxylation is 2. The molecule has 4 aromatic rings. The molecule has 5 rings (SSSR count). The third kappa shape index (κ3) is 5.10. The van der Waals surface area contributed by atoms with Gasteiger partial charge in [0.15, 0.2) is 0 Å². The topological polar surface area (TPSA) is 121 Å². The zero-order chi connectivity index (χ0) is 27.0. The summed E-state index contributed by atoms with van der Waals surface area (Å²) in [6.07, 6.45) is 0.582. The third-order valence-corrected chi connectivity index (χ3v) is 7.86. The van der Waals surface area contributed by atoms with Crippen LogP contribution in [0.3, 0.4) is 0 Å². The summed E-state index contributed by atoms with van der Waals surface area (Å²) >= 11 is 0. The van der Waals surface area contributed by atoms with E-state index in [1.54, 1.807) is 60.4 Å². The largest absolute Gasteiger partial charge is 0.328 e. The normalized spacial score (nSPS) is 13.1. The van der Waals surface area contributed by atoms with Crippen LogP contribution in [0.1, 0.15) is 23.1 Å². The number of para-hydroxylation sites is 1. The minimum Gasteiger partial charge on any atom is -0.312 e. The predicted octanol–water partition coefficient (Wildman–Crippen LogP) is 3.06. The molecule has 1 aliphatic rings. The van der Waals surface area contributed by atoms with E-state index in [-0.39, 0.29) is 24.6 Å². The van der Waals surface area contributed by atoms with Gasteiger partial charge < -0.3 is 4.90 Å². The van der Waals surface area contributed by atoms with Gasteiger partial charge in [0, 0.05) is 30.9 Å². The summed E-state index contributed by atoms with van der Waals surface area (Å²) in [5, 5.41) is 0.369. The maximum atomic E-state index is 13.8. The van der Waals surface area contributed by atoms with E-state index in [4.69, 9.17) is 0 Å². The number of H-pyrrole nitrogens is 1. The predicted molar refractivity (Wildman–Crippen MR) is 143 cm³/mol. The summed E-state index contributed by atoms with van der Waals surface area (Å²) in [7, 11) is -3.78. The molecule has 1 aromatic heterocycles. The van der Waals surface area contributed by atoms with Gasteiger partial charge in [0.25, 0.3) is 5.56 Å². The van der Waals surface area contributed by atoms with Crippen molar-refractivity contribution in [3.63, 3.8) is 0 Å². The molecule has 196 valence electrons. The van der Waals surface area contributed by atoms with Gasteiger partial charge >= 0.3 is 5.69 Å². The molecule has 2 heterocycles. The number of hydrogen-bond donors (Lipinski definition) is 2. The Morgan fingerprint density at radius 1 is 1.08 bits per heavy atom. The van der Waals surface area contributed by atoms with Gasteiger partial charge in [-0.25, -0.2) is 17.6 Å². The number of sulfonamides is 1. The lowest BCUT2D eigenvalue weighted by molar-refractivity contribution is -0.118. The summed E-state index contributed by atoms with van der Waals surface area (Å²) in [4.78, 5) is 41.4. The van der Waals surface area contributed by atoms with Crippen molar-refractivity contribution in [1.29, 1.82) is 0 Å². The van der Waals surface area contributed by atoms with Crippen molar-refractivity contribution < 1.29 is 17.6 Å². The van der Waals surface area contributed by atoms with Gasteiger partial charge in [-0.2, -0.15) is 0 Å². The lowest BCUT2D eigenvalue weighted by atomic mass is 10.1.